The van der Waals surface area contributed by atoms with E-state index in [4.69, 9.17) is 0 Å². The molecule has 1 rings (SSSR count). The Balaban J connectivity index is 3.20. The highest BCUT2D eigenvalue weighted by molar-refractivity contribution is 9.10. The summed E-state index contributed by atoms with van der Waals surface area (Å²) in [6, 6.07) is 1.22. The lowest BCUT2D eigenvalue weighted by Gasteiger charge is -2.09. The number of nitrogens with one attached hydrogen (secondary N) is 2. The number of halogens is 3. The third kappa shape index (κ3) is 3.45. The standard InChI is InChI=1S/C8H7BrF2N2O3S/c1-4(14)12-13-17(15,16)8-6(9)2-5(10)3-7(8)11/h2-3,13H,1H3,(H,12,14). The summed E-state index contributed by atoms with van der Waals surface area (Å²) in [7, 11) is -4.30. The minimum atomic E-state index is -4.30. The van der Waals surface area contributed by atoms with E-state index in [0.29, 0.717) is 6.07 Å². The largest absolute Gasteiger partial charge is 0.278 e. The van der Waals surface area contributed by atoms with Crippen molar-refractivity contribution in [2.75, 3.05) is 0 Å². The molecule has 9 heteroatoms. The zero-order valence-electron chi connectivity index (χ0n) is 8.42. The number of benzene rings is 1. The molecule has 1 aromatic carbocycles. The summed E-state index contributed by atoms with van der Waals surface area (Å²) in [5, 5.41) is 0. The highest BCUT2D eigenvalue weighted by Crippen LogP contribution is 2.25. The van der Waals surface area contributed by atoms with Crippen molar-refractivity contribution in [3.8, 4) is 0 Å². The number of hydrogen-bond acceptors (Lipinski definition) is 3. The normalized spacial score (nSPS) is 11.3. The van der Waals surface area contributed by atoms with Crippen molar-refractivity contribution in [1.29, 1.82) is 0 Å². The Hall–Kier alpha value is -1.06. The first kappa shape index (κ1) is 14.0. The van der Waals surface area contributed by atoms with Gasteiger partial charge in [-0.15, -0.1) is 4.83 Å². The lowest BCUT2D eigenvalue weighted by atomic mass is 10.3. The fraction of sp³-hybridized carbons (Fsp3) is 0.125. The molecule has 0 aliphatic heterocycles. The van der Waals surface area contributed by atoms with Crippen LogP contribution in [0, 0.1) is 11.6 Å². The molecule has 0 heterocycles. The Morgan fingerprint density at radius 2 is 1.94 bits per heavy atom. The molecule has 2 N–H and O–H groups in total. The second-order valence-corrected chi connectivity index (χ2v) is 5.46. The van der Waals surface area contributed by atoms with Crippen LogP contribution < -0.4 is 10.3 Å². The van der Waals surface area contributed by atoms with Crippen LogP contribution in [0.2, 0.25) is 0 Å². The maximum Gasteiger partial charge on any atom is 0.261 e. The number of hydrazine groups is 1. The summed E-state index contributed by atoms with van der Waals surface area (Å²) in [5.74, 6) is -2.87. The Morgan fingerprint density at radius 3 is 2.41 bits per heavy atom. The molecule has 0 atom stereocenters. The maximum atomic E-state index is 13.3. The lowest BCUT2D eigenvalue weighted by molar-refractivity contribution is -0.119. The van der Waals surface area contributed by atoms with Crippen LogP contribution in [-0.2, 0) is 14.8 Å². The summed E-state index contributed by atoms with van der Waals surface area (Å²) in [4.78, 5) is 11.4. The van der Waals surface area contributed by atoms with Gasteiger partial charge in [-0.1, -0.05) is 0 Å². The number of carbonyl (C=O) groups excluding carboxylic acids is 1. The number of hydrogen-bond donors (Lipinski definition) is 2. The fourth-order valence-electron chi connectivity index (χ4n) is 0.976. The summed E-state index contributed by atoms with van der Waals surface area (Å²) >= 11 is 2.73. The van der Waals surface area contributed by atoms with Gasteiger partial charge in [-0.05, 0) is 22.0 Å². The zero-order valence-corrected chi connectivity index (χ0v) is 10.8. The van der Waals surface area contributed by atoms with Gasteiger partial charge in [0.15, 0.2) is 0 Å². The van der Waals surface area contributed by atoms with E-state index < -0.39 is 32.5 Å². The average molecular weight is 329 g/mol. The van der Waals surface area contributed by atoms with E-state index in [0.717, 1.165) is 13.0 Å². The van der Waals surface area contributed by atoms with Gasteiger partial charge in [0.25, 0.3) is 10.0 Å². The van der Waals surface area contributed by atoms with Crippen molar-refractivity contribution in [1.82, 2.24) is 10.3 Å². The van der Waals surface area contributed by atoms with Crippen LogP contribution >= 0.6 is 15.9 Å². The predicted octanol–water partition coefficient (Wildman–Crippen LogP) is 1.06. The van der Waals surface area contributed by atoms with Crippen LogP contribution in [-0.4, -0.2) is 14.3 Å². The molecule has 1 amide bonds. The monoisotopic (exact) mass is 328 g/mol. The summed E-state index contributed by atoms with van der Waals surface area (Å²) in [5.41, 5.74) is 1.80. The quantitative estimate of drug-likeness (QED) is 0.814. The molecule has 0 saturated carbocycles. The van der Waals surface area contributed by atoms with E-state index in [9.17, 15) is 22.0 Å². The van der Waals surface area contributed by atoms with Gasteiger partial charge in [0, 0.05) is 17.5 Å². The number of carbonyl (C=O) groups is 1. The predicted molar refractivity (Wildman–Crippen MR) is 58.2 cm³/mol. The molecule has 0 fully saturated rings. The maximum absolute atomic E-state index is 13.3. The smallest absolute Gasteiger partial charge is 0.261 e. The summed E-state index contributed by atoms with van der Waals surface area (Å²) < 4.78 is 48.9. The van der Waals surface area contributed by atoms with Crippen molar-refractivity contribution in [3.05, 3.63) is 28.2 Å². The molecule has 0 aliphatic carbocycles. The Kier molecular flexibility index (Phi) is 4.17. The fourth-order valence-corrected chi connectivity index (χ4v) is 3.03. The minimum Gasteiger partial charge on any atom is -0.278 e. The first-order valence-electron chi connectivity index (χ1n) is 4.17. The van der Waals surface area contributed by atoms with Gasteiger partial charge in [-0.2, -0.15) is 0 Å². The second-order valence-electron chi connectivity index (χ2n) is 2.99. The number of rotatable bonds is 3. The Labute approximate surface area is 104 Å². The molecule has 17 heavy (non-hydrogen) atoms. The average Bonchev–Trinajstić information content (AvgIpc) is 2.12. The third-order valence-corrected chi connectivity index (χ3v) is 3.80. The van der Waals surface area contributed by atoms with Gasteiger partial charge >= 0.3 is 0 Å². The third-order valence-electron chi connectivity index (χ3n) is 1.59. The molecule has 0 aliphatic rings. The molecule has 0 bridgehead atoms. The van der Waals surface area contributed by atoms with Crippen molar-refractivity contribution in [2.45, 2.75) is 11.8 Å². The molecule has 0 aromatic heterocycles. The van der Waals surface area contributed by atoms with E-state index in [1.165, 1.54) is 0 Å². The van der Waals surface area contributed by atoms with Crippen molar-refractivity contribution < 1.29 is 22.0 Å². The number of amides is 1. The Bertz CT molecular complexity index is 539. The topological polar surface area (TPSA) is 75.3 Å². The zero-order chi connectivity index (χ0) is 13.2. The van der Waals surface area contributed by atoms with Crippen LogP contribution in [0.1, 0.15) is 6.92 Å². The molecular weight excluding hydrogens is 322 g/mol. The highest BCUT2D eigenvalue weighted by Gasteiger charge is 2.23. The molecule has 0 unspecified atom stereocenters. The van der Waals surface area contributed by atoms with E-state index in [1.54, 1.807) is 10.3 Å². The molecule has 0 radical (unpaired) electrons. The summed E-state index contributed by atoms with van der Waals surface area (Å²) in [6.45, 7) is 1.07. The van der Waals surface area contributed by atoms with Crippen LogP contribution in [0.25, 0.3) is 0 Å². The SMILES string of the molecule is CC(=O)NNS(=O)(=O)c1c(F)cc(F)cc1Br. The Morgan fingerprint density at radius 1 is 1.35 bits per heavy atom. The highest BCUT2D eigenvalue weighted by atomic mass is 79.9. The van der Waals surface area contributed by atoms with Crippen molar-refractivity contribution in [3.63, 3.8) is 0 Å². The van der Waals surface area contributed by atoms with Crippen molar-refractivity contribution in [2.24, 2.45) is 0 Å². The van der Waals surface area contributed by atoms with Gasteiger partial charge in [0.1, 0.15) is 16.5 Å². The molecule has 94 valence electrons. The van der Waals surface area contributed by atoms with E-state index in [-0.39, 0.29) is 4.47 Å². The van der Waals surface area contributed by atoms with E-state index in [1.807, 2.05) is 0 Å². The molecule has 0 saturated heterocycles. The molecular formula is C8H7BrF2N2O3S. The van der Waals surface area contributed by atoms with Crippen LogP contribution in [0.3, 0.4) is 0 Å². The van der Waals surface area contributed by atoms with E-state index in [2.05, 4.69) is 15.9 Å². The minimum absolute atomic E-state index is 0.284. The van der Waals surface area contributed by atoms with Gasteiger partial charge in [0.2, 0.25) is 5.91 Å². The summed E-state index contributed by atoms with van der Waals surface area (Å²) in [6.07, 6.45) is 0. The molecule has 1 aromatic rings. The van der Waals surface area contributed by atoms with Gasteiger partial charge in [-0.3, -0.25) is 10.2 Å². The first-order chi connectivity index (χ1) is 7.74. The lowest BCUT2D eigenvalue weighted by Crippen LogP contribution is -2.40. The van der Waals surface area contributed by atoms with Gasteiger partial charge < -0.3 is 0 Å². The van der Waals surface area contributed by atoms with Gasteiger partial charge in [-0.25, -0.2) is 17.2 Å². The molecule has 0 spiro atoms. The van der Waals surface area contributed by atoms with Crippen LogP contribution in [0.4, 0.5) is 8.78 Å². The van der Waals surface area contributed by atoms with Crippen molar-refractivity contribution >= 4 is 31.9 Å². The van der Waals surface area contributed by atoms with Crippen LogP contribution in [0.5, 0.6) is 0 Å². The van der Waals surface area contributed by atoms with Crippen LogP contribution in [0.15, 0.2) is 21.5 Å². The first-order valence-corrected chi connectivity index (χ1v) is 6.44. The second kappa shape index (κ2) is 5.07. The van der Waals surface area contributed by atoms with Gasteiger partial charge in [0.05, 0.1) is 0 Å². The van der Waals surface area contributed by atoms with E-state index >= 15 is 0 Å². The molecule has 5 nitrogen and oxygen atoms in total. The number of sulfonamides is 1.